The Morgan fingerprint density at radius 3 is 2.60 bits per heavy atom. The van der Waals surface area contributed by atoms with Gasteiger partial charge in [0.1, 0.15) is 30.4 Å². The Morgan fingerprint density at radius 2 is 1.93 bits per heavy atom. The molecule has 1 aliphatic heterocycles. The standard InChI is InChI=1S/C30H34N4O8/c1-18-25(28(36)37)27(20-9-7-10-22(14-20)34(39)40)26(19(2)33-18)29(38)41-13-12-30(3,4)32-16-23(35)17-42-24-11-6-5-8-21(24)15-31/h5-11,14,23,25,27,32,35H,12-13,16-17H2,1-4H3,(H,36,37). The molecule has 2 aromatic rings. The lowest BCUT2D eigenvalue weighted by Gasteiger charge is -2.31. The number of esters is 1. The molecule has 0 saturated heterocycles. The van der Waals surface area contributed by atoms with Crippen LogP contribution in [0.3, 0.4) is 0 Å². The number of nitro benzene ring substituents is 1. The fourth-order valence-electron chi connectivity index (χ4n) is 4.70. The summed E-state index contributed by atoms with van der Waals surface area (Å²) >= 11 is 0. The van der Waals surface area contributed by atoms with E-state index in [0.29, 0.717) is 23.3 Å². The van der Waals surface area contributed by atoms with E-state index in [9.17, 15) is 29.9 Å². The van der Waals surface area contributed by atoms with Gasteiger partial charge in [-0.1, -0.05) is 24.3 Å². The van der Waals surface area contributed by atoms with Gasteiger partial charge >= 0.3 is 11.9 Å². The van der Waals surface area contributed by atoms with E-state index >= 15 is 0 Å². The van der Waals surface area contributed by atoms with E-state index in [1.54, 1.807) is 44.2 Å². The smallest absolute Gasteiger partial charge is 0.336 e. The highest BCUT2D eigenvalue weighted by Gasteiger charge is 2.42. The highest BCUT2D eigenvalue weighted by Crippen LogP contribution is 2.40. The quantitative estimate of drug-likeness (QED) is 0.180. The molecule has 222 valence electrons. The number of rotatable bonds is 13. The molecule has 0 aromatic heterocycles. The van der Waals surface area contributed by atoms with Crippen LogP contribution in [0.2, 0.25) is 0 Å². The summed E-state index contributed by atoms with van der Waals surface area (Å²) in [5.74, 6) is -3.83. The normalized spacial score (nSPS) is 17.6. The largest absolute Gasteiger partial charge is 0.489 e. The Bertz CT molecular complexity index is 1440. The molecular weight excluding hydrogens is 544 g/mol. The molecule has 12 heteroatoms. The van der Waals surface area contributed by atoms with Crippen molar-refractivity contribution in [3.05, 3.63) is 81.0 Å². The molecule has 0 spiro atoms. The molecule has 0 radical (unpaired) electrons. The minimum atomic E-state index is -1.21. The van der Waals surface area contributed by atoms with Gasteiger partial charge in [-0.05, 0) is 51.8 Å². The summed E-state index contributed by atoms with van der Waals surface area (Å²) in [6.07, 6.45) is -0.527. The summed E-state index contributed by atoms with van der Waals surface area (Å²) in [7, 11) is 0. The first-order valence-corrected chi connectivity index (χ1v) is 13.3. The number of nitriles is 1. The number of carboxylic acids is 1. The van der Waals surface area contributed by atoms with Gasteiger partial charge in [-0.15, -0.1) is 0 Å². The van der Waals surface area contributed by atoms with Crippen molar-refractivity contribution in [2.24, 2.45) is 10.9 Å². The van der Waals surface area contributed by atoms with Crippen LogP contribution in [-0.4, -0.2) is 64.2 Å². The van der Waals surface area contributed by atoms with Crippen LogP contribution in [0.5, 0.6) is 5.75 Å². The van der Waals surface area contributed by atoms with Crippen LogP contribution in [0.4, 0.5) is 5.69 Å². The van der Waals surface area contributed by atoms with Gasteiger partial charge in [-0.2, -0.15) is 5.26 Å². The van der Waals surface area contributed by atoms with Crippen LogP contribution in [0, 0.1) is 27.4 Å². The van der Waals surface area contributed by atoms with E-state index in [0.717, 1.165) is 0 Å². The van der Waals surface area contributed by atoms with Crippen molar-refractivity contribution in [1.82, 2.24) is 5.32 Å². The van der Waals surface area contributed by atoms with Gasteiger partial charge in [0.25, 0.3) is 5.69 Å². The molecule has 0 aliphatic carbocycles. The van der Waals surface area contributed by atoms with E-state index < -0.39 is 40.3 Å². The maximum absolute atomic E-state index is 13.3. The average molecular weight is 579 g/mol. The molecule has 1 heterocycles. The highest BCUT2D eigenvalue weighted by atomic mass is 16.6. The van der Waals surface area contributed by atoms with E-state index in [1.807, 2.05) is 19.9 Å². The summed E-state index contributed by atoms with van der Waals surface area (Å²) in [5.41, 5.74) is 0.460. The van der Waals surface area contributed by atoms with Crippen molar-refractivity contribution in [2.45, 2.75) is 51.7 Å². The molecule has 3 N–H and O–H groups in total. The van der Waals surface area contributed by atoms with E-state index in [1.165, 1.54) is 18.2 Å². The number of nitrogens with one attached hydrogen (secondary N) is 1. The SMILES string of the molecule is CC1=NC(C)=C(C(=O)OCCC(C)(C)NCC(O)COc2ccccc2C#N)C(c2cccc([N+](=O)[O-])c2)C1C(=O)O. The number of aliphatic imine (C=N–C) groups is 1. The van der Waals surface area contributed by atoms with Crippen LogP contribution in [-0.2, 0) is 14.3 Å². The van der Waals surface area contributed by atoms with Crippen molar-refractivity contribution in [3.63, 3.8) is 0 Å². The first kappa shape index (κ1) is 31.9. The monoisotopic (exact) mass is 578 g/mol. The van der Waals surface area contributed by atoms with Crippen LogP contribution in [0.15, 0.2) is 64.8 Å². The number of carbonyl (C=O) groups is 2. The highest BCUT2D eigenvalue weighted by molar-refractivity contribution is 6.06. The number of allylic oxidation sites excluding steroid dienone is 1. The lowest BCUT2D eigenvalue weighted by atomic mass is 9.75. The molecule has 1 aliphatic rings. The van der Waals surface area contributed by atoms with Crippen molar-refractivity contribution in [1.29, 1.82) is 5.26 Å². The number of hydrogen-bond donors (Lipinski definition) is 3. The third-order valence-corrected chi connectivity index (χ3v) is 6.97. The van der Waals surface area contributed by atoms with Crippen LogP contribution >= 0.6 is 0 Å². The molecular formula is C30H34N4O8. The average Bonchev–Trinajstić information content (AvgIpc) is 2.94. The number of benzene rings is 2. The minimum absolute atomic E-state index is 0.0279. The van der Waals surface area contributed by atoms with Crippen molar-refractivity contribution < 1.29 is 34.2 Å². The van der Waals surface area contributed by atoms with Gasteiger partial charge in [0.2, 0.25) is 0 Å². The Hall–Kier alpha value is -4.60. The second kappa shape index (κ2) is 13.8. The fraction of sp³-hybridized carbons (Fsp3) is 0.400. The molecule has 3 atom stereocenters. The van der Waals surface area contributed by atoms with Crippen LogP contribution in [0.25, 0.3) is 0 Å². The number of aliphatic carboxylic acids is 1. The number of non-ortho nitro benzene ring substituents is 1. The summed E-state index contributed by atoms with van der Waals surface area (Å²) in [6.45, 7) is 6.96. The van der Waals surface area contributed by atoms with Crippen LogP contribution < -0.4 is 10.1 Å². The zero-order valence-corrected chi connectivity index (χ0v) is 23.9. The topological polar surface area (TPSA) is 184 Å². The molecule has 3 unspecified atom stereocenters. The lowest BCUT2D eigenvalue weighted by molar-refractivity contribution is -0.384. The van der Waals surface area contributed by atoms with Gasteiger partial charge in [0.05, 0.1) is 22.7 Å². The predicted molar refractivity (Wildman–Crippen MR) is 153 cm³/mol. The van der Waals surface area contributed by atoms with Gasteiger partial charge < -0.3 is 25.0 Å². The Kier molecular flexibility index (Phi) is 10.5. The molecule has 0 fully saturated rings. The van der Waals surface area contributed by atoms with Crippen molar-refractivity contribution >= 4 is 23.3 Å². The fourth-order valence-corrected chi connectivity index (χ4v) is 4.70. The number of β-amino-alcohol motifs (C(OH)–C–C–N with tert-alkyl or cyclic N) is 1. The number of nitrogens with zero attached hydrogens (tertiary/aromatic N) is 3. The molecule has 42 heavy (non-hydrogen) atoms. The number of aliphatic hydroxyl groups is 1. The van der Waals surface area contributed by atoms with E-state index in [-0.39, 0.29) is 42.4 Å². The van der Waals surface area contributed by atoms with Crippen molar-refractivity contribution in [2.75, 3.05) is 19.8 Å². The van der Waals surface area contributed by atoms with Gasteiger partial charge in [-0.25, -0.2) is 4.79 Å². The van der Waals surface area contributed by atoms with Gasteiger partial charge in [-0.3, -0.25) is 19.9 Å². The second-order valence-corrected chi connectivity index (χ2v) is 10.6. The number of aliphatic hydroxyl groups excluding tert-OH is 1. The Labute approximate surface area is 243 Å². The first-order chi connectivity index (χ1) is 19.8. The molecule has 12 nitrogen and oxygen atoms in total. The number of carboxylic acid groups (broad SMARTS) is 1. The number of ether oxygens (including phenoxy) is 2. The van der Waals surface area contributed by atoms with E-state index in [4.69, 9.17) is 14.7 Å². The number of nitro groups is 1. The summed E-state index contributed by atoms with van der Waals surface area (Å²) in [6, 6.07) is 14.3. The maximum atomic E-state index is 13.3. The lowest BCUT2D eigenvalue weighted by Crippen LogP contribution is -2.45. The molecule has 0 bridgehead atoms. The zero-order chi connectivity index (χ0) is 31.0. The maximum Gasteiger partial charge on any atom is 0.336 e. The third kappa shape index (κ3) is 7.99. The van der Waals surface area contributed by atoms with Crippen molar-refractivity contribution in [3.8, 4) is 11.8 Å². The van der Waals surface area contributed by atoms with Crippen LogP contribution in [0.1, 0.15) is 51.2 Å². The second-order valence-electron chi connectivity index (χ2n) is 10.6. The Morgan fingerprint density at radius 1 is 1.21 bits per heavy atom. The van der Waals surface area contributed by atoms with Gasteiger partial charge in [0.15, 0.2) is 0 Å². The third-order valence-electron chi connectivity index (χ3n) is 6.97. The summed E-state index contributed by atoms with van der Waals surface area (Å²) < 4.78 is 11.1. The molecule has 2 aromatic carbocycles. The van der Waals surface area contributed by atoms with E-state index in [2.05, 4.69) is 10.3 Å². The molecule has 0 amide bonds. The molecule has 0 saturated carbocycles. The Balaban J connectivity index is 1.64. The van der Waals surface area contributed by atoms with Gasteiger partial charge in [0, 0.05) is 41.5 Å². The summed E-state index contributed by atoms with van der Waals surface area (Å²) in [5, 5.41) is 44.1. The summed E-state index contributed by atoms with van der Waals surface area (Å²) in [4.78, 5) is 40.6. The first-order valence-electron chi connectivity index (χ1n) is 13.3. The predicted octanol–water partition coefficient (Wildman–Crippen LogP) is 3.74. The number of carbonyl (C=O) groups excluding carboxylic acids is 1. The molecule has 3 rings (SSSR count). The zero-order valence-electron chi connectivity index (χ0n) is 23.9. The number of para-hydroxylation sites is 1. The minimum Gasteiger partial charge on any atom is -0.489 e. The number of hydrogen-bond acceptors (Lipinski definition) is 10.